The van der Waals surface area contributed by atoms with Gasteiger partial charge in [0.1, 0.15) is 11.6 Å². The molecule has 0 aromatic rings. The monoisotopic (exact) mass is 156 g/mol. The average Bonchev–Trinajstić information content (AvgIpc) is 2.72. The minimum Gasteiger partial charge on any atom is -0.491 e. The van der Waals surface area contributed by atoms with Crippen molar-refractivity contribution in [2.45, 2.75) is 19.8 Å². The summed E-state index contributed by atoms with van der Waals surface area (Å²) in [5.41, 5.74) is 0. The van der Waals surface area contributed by atoms with Crippen LogP contribution in [0.5, 0.6) is 0 Å². The molecule has 0 aromatic carbocycles. The highest BCUT2D eigenvalue weighted by Gasteiger charge is 2.22. The molecule has 1 nitrogen and oxygen atoms in total. The summed E-state index contributed by atoms with van der Waals surface area (Å²) in [7, 11) is 0. The third-order valence-corrected chi connectivity index (χ3v) is 1.70. The number of allylic oxidation sites excluding steroid dienone is 2. The van der Waals surface area contributed by atoms with Crippen LogP contribution in [-0.4, -0.2) is 6.61 Å². The van der Waals surface area contributed by atoms with E-state index in [0.717, 1.165) is 0 Å². The first-order valence-corrected chi connectivity index (χ1v) is 3.85. The lowest BCUT2D eigenvalue weighted by Crippen LogP contribution is -1.95. The summed E-state index contributed by atoms with van der Waals surface area (Å²) in [6, 6.07) is 0. The number of halogens is 1. The zero-order valence-corrected chi connectivity index (χ0v) is 6.77. The first-order valence-electron chi connectivity index (χ1n) is 3.85. The third-order valence-electron chi connectivity index (χ3n) is 1.70. The maximum absolute atomic E-state index is 12.5. The van der Waals surface area contributed by atoms with E-state index in [2.05, 4.69) is 6.58 Å². The lowest BCUT2D eigenvalue weighted by atomic mass is 10.4. The van der Waals surface area contributed by atoms with Crippen molar-refractivity contribution in [3.8, 4) is 0 Å². The van der Waals surface area contributed by atoms with Crippen LogP contribution in [-0.2, 0) is 4.74 Å². The Morgan fingerprint density at radius 3 is 2.73 bits per heavy atom. The maximum Gasteiger partial charge on any atom is 0.149 e. The minimum absolute atomic E-state index is 0.289. The van der Waals surface area contributed by atoms with E-state index in [1.54, 1.807) is 0 Å². The number of hydrogen-bond acceptors (Lipinski definition) is 1. The van der Waals surface area contributed by atoms with Gasteiger partial charge in [-0.1, -0.05) is 6.58 Å². The largest absolute Gasteiger partial charge is 0.491 e. The van der Waals surface area contributed by atoms with Crippen molar-refractivity contribution >= 4 is 0 Å². The highest BCUT2D eigenvalue weighted by molar-refractivity contribution is 5.11. The van der Waals surface area contributed by atoms with Gasteiger partial charge in [0.15, 0.2) is 0 Å². The topological polar surface area (TPSA) is 9.23 Å². The van der Waals surface area contributed by atoms with Crippen LogP contribution in [0.4, 0.5) is 4.39 Å². The summed E-state index contributed by atoms with van der Waals surface area (Å²) in [6.07, 6.45) is 3.85. The highest BCUT2D eigenvalue weighted by Crippen LogP contribution is 2.29. The molecule has 0 atom stereocenters. The fourth-order valence-corrected chi connectivity index (χ4v) is 0.791. The van der Waals surface area contributed by atoms with E-state index in [-0.39, 0.29) is 11.6 Å². The van der Waals surface area contributed by atoms with Crippen molar-refractivity contribution in [1.82, 2.24) is 0 Å². The van der Waals surface area contributed by atoms with E-state index in [1.807, 2.05) is 0 Å². The Morgan fingerprint density at radius 1 is 1.73 bits per heavy atom. The van der Waals surface area contributed by atoms with Gasteiger partial charge in [-0.25, -0.2) is 4.39 Å². The third kappa shape index (κ3) is 2.74. The molecule has 0 heterocycles. The Hall–Kier alpha value is -0.790. The van der Waals surface area contributed by atoms with Gasteiger partial charge in [0.2, 0.25) is 0 Å². The first-order chi connectivity index (χ1) is 5.24. The Kier molecular flexibility index (Phi) is 2.69. The molecule has 0 unspecified atom stereocenters. The maximum atomic E-state index is 12.5. The molecule has 1 saturated carbocycles. The molecule has 11 heavy (non-hydrogen) atoms. The molecule has 0 bridgehead atoms. The van der Waals surface area contributed by atoms with Crippen LogP contribution >= 0.6 is 0 Å². The van der Waals surface area contributed by atoms with Crippen LogP contribution < -0.4 is 0 Å². The zero-order chi connectivity index (χ0) is 8.27. The smallest absolute Gasteiger partial charge is 0.149 e. The first kappa shape index (κ1) is 8.31. The van der Waals surface area contributed by atoms with Crippen LogP contribution in [0, 0.1) is 5.92 Å². The van der Waals surface area contributed by atoms with Crippen LogP contribution in [0.3, 0.4) is 0 Å². The molecule has 2 heteroatoms. The fourth-order valence-electron chi connectivity index (χ4n) is 0.791. The molecule has 0 spiro atoms. The fraction of sp³-hybridized carbons (Fsp3) is 0.556. The van der Waals surface area contributed by atoms with E-state index in [1.165, 1.54) is 25.8 Å². The van der Waals surface area contributed by atoms with Gasteiger partial charge in [-0.15, -0.1) is 0 Å². The van der Waals surface area contributed by atoms with Gasteiger partial charge in [0.05, 0.1) is 6.61 Å². The Morgan fingerprint density at radius 2 is 2.36 bits per heavy atom. The Labute approximate surface area is 66.6 Å². The van der Waals surface area contributed by atoms with Crippen LogP contribution in [0.1, 0.15) is 19.8 Å². The van der Waals surface area contributed by atoms with Gasteiger partial charge in [0.25, 0.3) is 0 Å². The summed E-state index contributed by atoms with van der Waals surface area (Å²) in [5, 5.41) is 0. The summed E-state index contributed by atoms with van der Waals surface area (Å²) >= 11 is 0. The number of rotatable bonds is 4. The van der Waals surface area contributed by atoms with Gasteiger partial charge in [0, 0.05) is 0 Å². The van der Waals surface area contributed by atoms with E-state index < -0.39 is 0 Å². The normalized spacial score (nSPS) is 19.1. The zero-order valence-electron chi connectivity index (χ0n) is 6.77. The molecule has 0 amide bonds. The molecule has 0 radical (unpaired) electrons. The second kappa shape index (κ2) is 3.56. The summed E-state index contributed by atoms with van der Waals surface area (Å²) in [4.78, 5) is 0. The molecular weight excluding hydrogens is 143 g/mol. The van der Waals surface area contributed by atoms with Crippen LogP contribution in [0.2, 0.25) is 0 Å². The summed E-state index contributed by atoms with van der Waals surface area (Å²) < 4.78 is 17.7. The second-order valence-electron chi connectivity index (χ2n) is 2.86. The molecule has 0 saturated heterocycles. The standard InChI is InChI=1S/C9H13FO/c1-3-9(7(2)10)11-6-8-4-5-8/h3,8H,1,4-6H2,2H3. The van der Waals surface area contributed by atoms with Gasteiger partial charge in [-0.05, 0) is 31.8 Å². The molecule has 0 N–H and O–H groups in total. The SMILES string of the molecule is C=CC(OCC1CC1)=C(C)F. The van der Waals surface area contributed by atoms with E-state index in [0.29, 0.717) is 12.5 Å². The Bertz CT molecular complexity index is 176. The summed E-state index contributed by atoms with van der Waals surface area (Å²) in [5.74, 6) is 0.654. The van der Waals surface area contributed by atoms with Crippen molar-refractivity contribution in [1.29, 1.82) is 0 Å². The second-order valence-corrected chi connectivity index (χ2v) is 2.86. The molecule has 1 aliphatic carbocycles. The van der Waals surface area contributed by atoms with Crippen molar-refractivity contribution < 1.29 is 9.13 Å². The molecule has 1 aliphatic rings. The van der Waals surface area contributed by atoms with Crippen LogP contribution in [0.25, 0.3) is 0 Å². The van der Waals surface area contributed by atoms with Gasteiger partial charge < -0.3 is 4.74 Å². The van der Waals surface area contributed by atoms with Crippen molar-refractivity contribution in [2.24, 2.45) is 5.92 Å². The molecular formula is C9H13FO. The lowest BCUT2D eigenvalue weighted by molar-refractivity contribution is 0.201. The number of hydrogen-bond donors (Lipinski definition) is 0. The number of ether oxygens (including phenoxy) is 1. The van der Waals surface area contributed by atoms with E-state index in [9.17, 15) is 4.39 Å². The average molecular weight is 156 g/mol. The van der Waals surface area contributed by atoms with Gasteiger partial charge in [-0.2, -0.15) is 0 Å². The van der Waals surface area contributed by atoms with Crippen LogP contribution in [0.15, 0.2) is 24.2 Å². The van der Waals surface area contributed by atoms with Crippen molar-refractivity contribution in [2.75, 3.05) is 6.61 Å². The van der Waals surface area contributed by atoms with Crippen molar-refractivity contribution in [3.63, 3.8) is 0 Å². The van der Waals surface area contributed by atoms with E-state index >= 15 is 0 Å². The van der Waals surface area contributed by atoms with Crippen molar-refractivity contribution in [3.05, 3.63) is 24.2 Å². The molecule has 1 rings (SSSR count). The molecule has 1 fully saturated rings. The molecule has 62 valence electrons. The Balaban J connectivity index is 2.30. The minimum atomic E-state index is -0.291. The predicted molar refractivity (Wildman–Crippen MR) is 42.7 cm³/mol. The molecule has 0 aromatic heterocycles. The lowest BCUT2D eigenvalue weighted by Gasteiger charge is -2.04. The predicted octanol–water partition coefficient (Wildman–Crippen LogP) is 2.80. The van der Waals surface area contributed by atoms with Gasteiger partial charge in [-0.3, -0.25) is 0 Å². The van der Waals surface area contributed by atoms with E-state index in [4.69, 9.17) is 4.74 Å². The quantitative estimate of drug-likeness (QED) is 0.449. The highest BCUT2D eigenvalue weighted by atomic mass is 19.1. The van der Waals surface area contributed by atoms with Gasteiger partial charge >= 0.3 is 0 Å². The molecule has 0 aliphatic heterocycles. The summed E-state index contributed by atoms with van der Waals surface area (Å²) in [6.45, 7) is 5.48.